The molecule has 0 radical (unpaired) electrons. The Morgan fingerprint density at radius 2 is 2.17 bits per heavy atom. The van der Waals surface area contributed by atoms with Gasteiger partial charge in [-0.2, -0.15) is 0 Å². The predicted octanol–water partition coefficient (Wildman–Crippen LogP) is 2.55. The molecule has 0 aliphatic rings. The maximum absolute atomic E-state index is 12.0. The van der Waals surface area contributed by atoms with Gasteiger partial charge in [0, 0.05) is 38.0 Å². The number of nitrogens with zero attached hydrogens (tertiary/aromatic N) is 2. The zero-order valence-electron chi connectivity index (χ0n) is 13.6. The Morgan fingerprint density at radius 1 is 1.29 bits per heavy atom. The fraction of sp³-hybridized carbons (Fsp3) is 0.353. The summed E-state index contributed by atoms with van der Waals surface area (Å²) in [7, 11) is 1.63. The minimum Gasteiger partial charge on any atom is -0.385 e. The molecule has 0 spiro atoms. The highest BCUT2D eigenvalue weighted by molar-refractivity contribution is 6.30. The van der Waals surface area contributed by atoms with Crippen LogP contribution in [0.1, 0.15) is 22.5 Å². The average Bonchev–Trinajstić information content (AvgIpc) is 2.59. The molecule has 0 saturated heterocycles. The van der Waals surface area contributed by atoms with E-state index in [2.05, 4.69) is 20.6 Å². The van der Waals surface area contributed by atoms with Crippen LogP contribution in [-0.4, -0.2) is 42.7 Å². The highest BCUT2D eigenvalue weighted by atomic mass is 35.5. The lowest BCUT2D eigenvalue weighted by molar-refractivity contribution is 0.0943. The number of hydrogen-bond donors (Lipinski definition) is 2. The first kappa shape index (κ1) is 18.2. The van der Waals surface area contributed by atoms with Crippen molar-refractivity contribution in [1.82, 2.24) is 15.3 Å². The third-order valence-electron chi connectivity index (χ3n) is 3.28. The SMILES string of the molecule is COCCCNC(=O)c1ccnc(NCCc2cccc(Cl)c2)n1. The largest absolute Gasteiger partial charge is 0.385 e. The van der Waals surface area contributed by atoms with Gasteiger partial charge < -0.3 is 15.4 Å². The van der Waals surface area contributed by atoms with Crippen LogP contribution in [-0.2, 0) is 11.2 Å². The van der Waals surface area contributed by atoms with Gasteiger partial charge in [0.05, 0.1) is 0 Å². The topological polar surface area (TPSA) is 76.1 Å². The number of benzene rings is 1. The minimum atomic E-state index is -0.216. The van der Waals surface area contributed by atoms with Crippen LogP contribution in [0.15, 0.2) is 36.5 Å². The molecule has 0 atom stereocenters. The van der Waals surface area contributed by atoms with Crippen molar-refractivity contribution >= 4 is 23.5 Å². The van der Waals surface area contributed by atoms with E-state index in [0.717, 1.165) is 23.4 Å². The van der Waals surface area contributed by atoms with Crippen molar-refractivity contribution in [2.75, 3.05) is 32.1 Å². The Hall–Kier alpha value is -2.18. The molecule has 6 nitrogen and oxygen atoms in total. The average molecular weight is 349 g/mol. The maximum atomic E-state index is 12.0. The van der Waals surface area contributed by atoms with Gasteiger partial charge in [0.25, 0.3) is 5.91 Å². The molecule has 7 heteroatoms. The summed E-state index contributed by atoms with van der Waals surface area (Å²) >= 11 is 5.96. The normalized spacial score (nSPS) is 10.4. The first-order valence-electron chi connectivity index (χ1n) is 7.77. The second-order valence-corrected chi connectivity index (χ2v) is 5.61. The molecule has 24 heavy (non-hydrogen) atoms. The minimum absolute atomic E-state index is 0.216. The van der Waals surface area contributed by atoms with Crippen molar-refractivity contribution in [3.05, 3.63) is 52.8 Å². The number of aromatic nitrogens is 2. The van der Waals surface area contributed by atoms with Crippen LogP contribution in [0.4, 0.5) is 5.95 Å². The zero-order chi connectivity index (χ0) is 17.2. The molecule has 1 amide bonds. The van der Waals surface area contributed by atoms with E-state index in [1.165, 1.54) is 0 Å². The van der Waals surface area contributed by atoms with Gasteiger partial charge in [0.15, 0.2) is 0 Å². The Bertz CT molecular complexity index is 667. The predicted molar refractivity (Wildman–Crippen MR) is 94.5 cm³/mol. The second-order valence-electron chi connectivity index (χ2n) is 5.17. The van der Waals surface area contributed by atoms with E-state index >= 15 is 0 Å². The molecule has 0 unspecified atom stereocenters. The van der Waals surface area contributed by atoms with Crippen molar-refractivity contribution in [1.29, 1.82) is 0 Å². The molecule has 2 rings (SSSR count). The van der Waals surface area contributed by atoms with Crippen LogP contribution < -0.4 is 10.6 Å². The summed E-state index contributed by atoms with van der Waals surface area (Å²) in [6.45, 7) is 1.81. The number of rotatable bonds is 9. The number of anilines is 1. The summed E-state index contributed by atoms with van der Waals surface area (Å²) in [6.07, 6.45) is 3.12. The maximum Gasteiger partial charge on any atom is 0.270 e. The standard InChI is InChI=1S/C17H21ClN4O2/c1-24-11-3-8-19-16(23)15-7-10-21-17(22-15)20-9-6-13-4-2-5-14(18)12-13/h2,4-5,7,10,12H,3,6,8-9,11H2,1H3,(H,19,23)(H,20,21,22). The lowest BCUT2D eigenvalue weighted by Crippen LogP contribution is -2.26. The molecule has 128 valence electrons. The van der Waals surface area contributed by atoms with Crippen molar-refractivity contribution in [3.63, 3.8) is 0 Å². The molecular formula is C17H21ClN4O2. The lowest BCUT2D eigenvalue weighted by atomic mass is 10.1. The molecule has 0 aliphatic carbocycles. The van der Waals surface area contributed by atoms with Gasteiger partial charge in [-0.25, -0.2) is 9.97 Å². The fourth-order valence-corrected chi connectivity index (χ4v) is 2.30. The monoisotopic (exact) mass is 348 g/mol. The van der Waals surface area contributed by atoms with Crippen LogP contribution in [0, 0.1) is 0 Å². The quantitative estimate of drug-likeness (QED) is 0.681. The highest BCUT2D eigenvalue weighted by Crippen LogP contribution is 2.11. The van der Waals surface area contributed by atoms with Crippen molar-refractivity contribution < 1.29 is 9.53 Å². The van der Waals surface area contributed by atoms with E-state index in [4.69, 9.17) is 16.3 Å². The third-order valence-corrected chi connectivity index (χ3v) is 3.52. The molecule has 1 aromatic carbocycles. The number of carbonyl (C=O) groups excluding carboxylic acids is 1. The van der Waals surface area contributed by atoms with Crippen molar-refractivity contribution in [2.45, 2.75) is 12.8 Å². The van der Waals surface area contributed by atoms with E-state index in [-0.39, 0.29) is 5.91 Å². The smallest absolute Gasteiger partial charge is 0.270 e. The van der Waals surface area contributed by atoms with E-state index in [0.29, 0.717) is 31.3 Å². The van der Waals surface area contributed by atoms with Crippen LogP contribution in [0.25, 0.3) is 0 Å². The van der Waals surface area contributed by atoms with Crippen LogP contribution in [0.2, 0.25) is 5.02 Å². The van der Waals surface area contributed by atoms with Gasteiger partial charge in [0.1, 0.15) is 5.69 Å². The summed E-state index contributed by atoms with van der Waals surface area (Å²) < 4.78 is 4.94. The van der Waals surface area contributed by atoms with Gasteiger partial charge in [-0.05, 0) is 36.6 Å². The molecule has 0 bridgehead atoms. The Balaban J connectivity index is 1.82. The summed E-state index contributed by atoms with van der Waals surface area (Å²) in [5.41, 5.74) is 1.47. The summed E-state index contributed by atoms with van der Waals surface area (Å²) in [5, 5.41) is 6.63. The molecule has 0 fully saturated rings. The number of nitrogens with one attached hydrogen (secondary N) is 2. The van der Waals surface area contributed by atoms with Gasteiger partial charge >= 0.3 is 0 Å². The van der Waals surface area contributed by atoms with Gasteiger partial charge in [-0.15, -0.1) is 0 Å². The Kier molecular flexibility index (Phi) is 7.45. The van der Waals surface area contributed by atoms with E-state index in [1.807, 2.05) is 24.3 Å². The van der Waals surface area contributed by atoms with Gasteiger partial charge in [-0.3, -0.25) is 4.79 Å². The molecule has 2 aromatic rings. The Morgan fingerprint density at radius 3 is 2.96 bits per heavy atom. The fourth-order valence-electron chi connectivity index (χ4n) is 2.09. The molecule has 1 heterocycles. The molecular weight excluding hydrogens is 328 g/mol. The van der Waals surface area contributed by atoms with Gasteiger partial charge in [0.2, 0.25) is 5.95 Å². The number of ether oxygens (including phenoxy) is 1. The number of carbonyl (C=O) groups is 1. The third kappa shape index (κ3) is 6.14. The number of halogens is 1. The van der Waals surface area contributed by atoms with E-state index in [9.17, 15) is 4.79 Å². The first-order valence-corrected chi connectivity index (χ1v) is 8.15. The summed E-state index contributed by atoms with van der Waals surface area (Å²) in [5.74, 6) is 0.216. The van der Waals surface area contributed by atoms with E-state index in [1.54, 1.807) is 19.4 Å². The second kappa shape index (κ2) is 9.85. The van der Waals surface area contributed by atoms with Crippen LogP contribution in [0.5, 0.6) is 0 Å². The van der Waals surface area contributed by atoms with E-state index < -0.39 is 0 Å². The van der Waals surface area contributed by atoms with Gasteiger partial charge in [-0.1, -0.05) is 23.7 Å². The number of amides is 1. The Labute approximate surface area is 146 Å². The van der Waals surface area contributed by atoms with Crippen LogP contribution >= 0.6 is 11.6 Å². The molecule has 0 saturated carbocycles. The molecule has 1 aromatic heterocycles. The molecule has 2 N–H and O–H groups in total. The zero-order valence-corrected chi connectivity index (χ0v) is 14.3. The van der Waals surface area contributed by atoms with Crippen molar-refractivity contribution in [3.8, 4) is 0 Å². The summed E-state index contributed by atoms with van der Waals surface area (Å²) in [6, 6.07) is 9.29. The van der Waals surface area contributed by atoms with Crippen LogP contribution in [0.3, 0.4) is 0 Å². The number of hydrogen-bond acceptors (Lipinski definition) is 5. The lowest BCUT2D eigenvalue weighted by Gasteiger charge is -2.07. The molecule has 0 aliphatic heterocycles. The number of methoxy groups -OCH3 is 1. The highest BCUT2D eigenvalue weighted by Gasteiger charge is 2.08. The summed E-state index contributed by atoms with van der Waals surface area (Å²) in [4.78, 5) is 20.4. The first-order chi connectivity index (χ1) is 11.7. The van der Waals surface area contributed by atoms with Crippen molar-refractivity contribution in [2.24, 2.45) is 0 Å².